The zero-order chi connectivity index (χ0) is 22.4. The van der Waals surface area contributed by atoms with E-state index in [4.69, 9.17) is 11.6 Å². The van der Waals surface area contributed by atoms with E-state index in [-0.39, 0.29) is 16.7 Å². The summed E-state index contributed by atoms with van der Waals surface area (Å²) in [5, 5.41) is 12.4. The first-order chi connectivity index (χ1) is 14.9. The molecule has 1 aromatic carbocycles. The zero-order valence-electron chi connectivity index (χ0n) is 16.9. The van der Waals surface area contributed by atoms with Crippen LogP contribution in [0.3, 0.4) is 0 Å². The summed E-state index contributed by atoms with van der Waals surface area (Å²) in [6.07, 6.45) is 1.75. The van der Waals surface area contributed by atoms with Gasteiger partial charge in [-0.05, 0) is 38.1 Å². The van der Waals surface area contributed by atoms with Gasteiger partial charge in [0.25, 0.3) is 0 Å². The number of halogens is 2. The van der Waals surface area contributed by atoms with Gasteiger partial charge in [-0.15, -0.1) is 16.8 Å². The molecule has 11 heteroatoms. The van der Waals surface area contributed by atoms with E-state index in [1.165, 1.54) is 41.7 Å². The highest BCUT2D eigenvalue weighted by Gasteiger charge is 2.15. The van der Waals surface area contributed by atoms with Gasteiger partial charge in [-0.3, -0.25) is 4.79 Å². The molecule has 3 aromatic rings. The van der Waals surface area contributed by atoms with Crippen LogP contribution < -0.4 is 5.32 Å². The molecule has 0 unspecified atom stereocenters. The monoisotopic (exact) mass is 478 g/mol. The van der Waals surface area contributed by atoms with Crippen LogP contribution in [-0.4, -0.2) is 36.4 Å². The summed E-state index contributed by atoms with van der Waals surface area (Å²) >= 11 is 8.47. The number of amides is 1. The molecule has 0 bridgehead atoms. The molecule has 0 aliphatic rings. The number of nitrogens with one attached hydrogen (secondary N) is 1. The Balaban J connectivity index is 1.63. The molecule has 2 aromatic heterocycles. The van der Waals surface area contributed by atoms with Crippen LogP contribution in [0.4, 0.5) is 10.1 Å². The first kappa shape index (κ1) is 23.2. The number of thioether (sulfide) groups is 2. The second kappa shape index (κ2) is 10.7. The number of allylic oxidation sites excluding steroid dienone is 1. The number of nitrogens with zero attached hydrogens (tertiary/aromatic N) is 5. The van der Waals surface area contributed by atoms with Crippen molar-refractivity contribution in [3.8, 4) is 0 Å². The van der Waals surface area contributed by atoms with Crippen LogP contribution in [0.5, 0.6) is 0 Å². The van der Waals surface area contributed by atoms with E-state index in [1.807, 2.05) is 24.5 Å². The van der Waals surface area contributed by atoms with Gasteiger partial charge in [-0.1, -0.05) is 41.2 Å². The van der Waals surface area contributed by atoms with E-state index >= 15 is 0 Å². The molecule has 0 radical (unpaired) electrons. The maximum absolute atomic E-state index is 13.3. The number of carbonyl (C=O) groups excluding carboxylic acids is 1. The molecule has 0 fully saturated rings. The van der Waals surface area contributed by atoms with Crippen LogP contribution in [0.1, 0.15) is 17.2 Å². The molecule has 0 spiro atoms. The molecule has 0 aliphatic heterocycles. The molecule has 1 amide bonds. The van der Waals surface area contributed by atoms with Gasteiger partial charge in [-0.25, -0.2) is 14.4 Å². The standard InChI is InChI=1S/C20H20ClFN6OS2/c1-4-7-28-17(10-30-19-23-12(2)8-13(3)24-19)26-27-20(28)31-11-18(29)25-14-5-6-16(22)15(21)9-14/h4-6,8-9H,1,7,10-11H2,2-3H3,(H,25,29). The lowest BCUT2D eigenvalue weighted by molar-refractivity contribution is -0.113. The van der Waals surface area contributed by atoms with Gasteiger partial charge in [0.15, 0.2) is 10.3 Å². The SMILES string of the molecule is C=CCn1c(CSc2nc(C)cc(C)n2)nnc1SCC(=O)Nc1ccc(F)c(Cl)c1. The van der Waals surface area contributed by atoms with Crippen molar-refractivity contribution in [2.45, 2.75) is 36.5 Å². The predicted octanol–water partition coefficient (Wildman–Crippen LogP) is 4.69. The third kappa shape index (κ3) is 6.52. The fourth-order valence-corrected chi connectivity index (χ4v) is 4.47. The van der Waals surface area contributed by atoms with Gasteiger partial charge in [0.05, 0.1) is 16.5 Å². The number of rotatable bonds is 9. The van der Waals surface area contributed by atoms with Crippen molar-refractivity contribution in [1.29, 1.82) is 0 Å². The van der Waals surface area contributed by atoms with Crippen molar-refractivity contribution in [1.82, 2.24) is 24.7 Å². The number of hydrogen-bond donors (Lipinski definition) is 1. The van der Waals surface area contributed by atoms with Gasteiger partial charge < -0.3 is 9.88 Å². The summed E-state index contributed by atoms with van der Waals surface area (Å²) in [7, 11) is 0. The lowest BCUT2D eigenvalue weighted by Gasteiger charge is -2.08. The molecule has 0 atom stereocenters. The van der Waals surface area contributed by atoms with Gasteiger partial charge >= 0.3 is 0 Å². The quantitative estimate of drug-likeness (QED) is 0.271. The minimum atomic E-state index is -0.539. The smallest absolute Gasteiger partial charge is 0.234 e. The Morgan fingerprint density at radius 1 is 1.23 bits per heavy atom. The largest absolute Gasteiger partial charge is 0.325 e. The van der Waals surface area contributed by atoms with E-state index in [2.05, 4.69) is 32.1 Å². The van der Waals surface area contributed by atoms with Crippen molar-refractivity contribution in [2.24, 2.45) is 0 Å². The summed E-state index contributed by atoms with van der Waals surface area (Å²) < 4.78 is 15.1. The molecular formula is C20H20ClFN6OS2. The molecule has 0 saturated heterocycles. The molecular weight excluding hydrogens is 459 g/mol. The molecule has 0 saturated carbocycles. The lowest BCUT2D eigenvalue weighted by atomic mass is 10.3. The van der Waals surface area contributed by atoms with E-state index < -0.39 is 5.82 Å². The number of benzene rings is 1. The highest BCUT2D eigenvalue weighted by molar-refractivity contribution is 7.99. The Hall–Kier alpha value is -2.43. The minimum Gasteiger partial charge on any atom is -0.325 e. The van der Waals surface area contributed by atoms with Crippen LogP contribution in [0.25, 0.3) is 0 Å². The Kier molecular flexibility index (Phi) is 8.05. The van der Waals surface area contributed by atoms with Crippen molar-refractivity contribution in [2.75, 3.05) is 11.1 Å². The van der Waals surface area contributed by atoms with Crippen molar-refractivity contribution in [3.05, 3.63) is 65.0 Å². The average molecular weight is 479 g/mol. The van der Waals surface area contributed by atoms with Crippen LogP contribution in [0.2, 0.25) is 5.02 Å². The van der Waals surface area contributed by atoms with Crippen LogP contribution in [0.15, 0.2) is 47.2 Å². The Labute approximate surface area is 192 Å². The minimum absolute atomic E-state index is 0.0499. The van der Waals surface area contributed by atoms with Crippen LogP contribution in [0, 0.1) is 19.7 Å². The maximum Gasteiger partial charge on any atom is 0.234 e. The molecule has 31 heavy (non-hydrogen) atoms. The summed E-state index contributed by atoms with van der Waals surface area (Å²) in [5.41, 5.74) is 2.25. The zero-order valence-corrected chi connectivity index (χ0v) is 19.3. The molecule has 0 aliphatic carbocycles. The van der Waals surface area contributed by atoms with Crippen LogP contribution >= 0.6 is 35.1 Å². The number of aromatic nitrogens is 5. The van der Waals surface area contributed by atoms with Gasteiger partial charge in [-0.2, -0.15) is 0 Å². The normalized spacial score (nSPS) is 10.8. The Bertz CT molecular complexity index is 1090. The number of carbonyl (C=O) groups is 1. The first-order valence-corrected chi connectivity index (χ1v) is 11.6. The highest BCUT2D eigenvalue weighted by Crippen LogP contribution is 2.24. The maximum atomic E-state index is 13.3. The summed E-state index contributed by atoms with van der Waals surface area (Å²) in [5.74, 6) is 0.576. The molecule has 2 heterocycles. The fourth-order valence-electron chi connectivity index (χ4n) is 2.63. The van der Waals surface area contributed by atoms with E-state index in [0.29, 0.717) is 28.3 Å². The van der Waals surface area contributed by atoms with Crippen molar-refractivity contribution < 1.29 is 9.18 Å². The van der Waals surface area contributed by atoms with Crippen molar-refractivity contribution in [3.63, 3.8) is 0 Å². The van der Waals surface area contributed by atoms with Gasteiger partial charge in [0.2, 0.25) is 5.91 Å². The number of aryl methyl sites for hydroxylation is 2. The van der Waals surface area contributed by atoms with E-state index in [0.717, 1.165) is 17.2 Å². The van der Waals surface area contributed by atoms with Crippen molar-refractivity contribution >= 4 is 46.7 Å². The third-order valence-electron chi connectivity index (χ3n) is 3.93. The van der Waals surface area contributed by atoms with Gasteiger partial charge in [0.1, 0.15) is 11.6 Å². The molecule has 162 valence electrons. The third-order valence-corrected chi connectivity index (χ3v) is 6.03. The first-order valence-electron chi connectivity index (χ1n) is 9.21. The number of anilines is 1. The van der Waals surface area contributed by atoms with Crippen LogP contribution in [-0.2, 0) is 17.1 Å². The second-order valence-electron chi connectivity index (χ2n) is 6.49. The van der Waals surface area contributed by atoms with E-state index in [1.54, 1.807) is 6.08 Å². The Morgan fingerprint density at radius 2 is 1.97 bits per heavy atom. The lowest BCUT2D eigenvalue weighted by Crippen LogP contribution is -2.15. The second-order valence-corrected chi connectivity index (χ2v) is 8.78. The topological polar surface area (TPSA) is 85.6 Å². The summed E-state index contributed by atoms with van der Waals surface area (Å²) in [6, 6.07) is 5.94. The fraction of sp³-hybridized carbons (Fsp3) is 0.250. The number of hydrogen-bond acceptors (Lipinski definition) is 7. The average Bonchev–Trinajstić information content (AvgIpc) is 3.09. The molecule has 3 rings (SSSR count). The molecule has 7 nitrogen and oxygen atoms in total. The van der Waals surface area contributed by atoms with Gasteiger partial charge in [0, 0.05) is 23.6 Å². The molecule has 1 N–H and O–H groups in total. The summed E-state index contributed by atoms with van der Waals surface area (Å²) in [4.78, 5) is 21.1. The highest BCUT2D eigenvalue weighted by atomic mass is 35.5. The van der Waals surface area contributed by atoms with E-state index in [9.17, 15) is 9.18 Å². The predicted molar refractivity (Wildman–Crippen MR) is 122 cm³/mol. The summed E-state index contributed by atoms with van der Waals surface area (Å²) in [6.45, 7) is 8.15. The Morgan fingerprint density at radius 3 is 2.65 bits per heavy atom.